The molecule has 9 heteroatoms. The molecule has 3 aromatic rings. The molecule has 1 unspecified atom stereocenters. The highest BCUT2D eigenvalue weighted by atomic mass is 35.5. The van der Waals surface area contributed by atoms with Gasteiger partial charge >= 0.3 is 0 Å². The minimum atomic E-state index is -0.484. The van der Waals surface area contributed by atoms with E-state index in [0.717, 1.165) is 11.3 Å². The normalized spacial score (nSPS) is 16.1. The van der Waals surface area contributed by atoms with Crippen LogP contribution in [-0.2, 0) is 9.59 Å². The van der Waals surface area contributed by atoms with Crippen LogP contribution in [0.5, 0.6) is 5.75 Å². The van der Waals surface area contributed by atoms with Crippen LogP contribution in [0.15, 0.2) is 48.5 Å². The number of amides is 2. The molecule has 29 heavy (non-hydrogen) atoms. The molecule has 148 valence electrons. The Morgan fingerprint density at radius 3 is 2.62 bits per heavy atom. The van der Waals surface area contributed by atoms with Crippen LogP contribution in [0.1, 0.15) is 6.42 Å². The molecule has 2 amide bonds. The van der Waals surface area contributed by atoms with Crippen LogP contribution in [0.25, 0.3) is 11.4 Å². The zero-order chi connectivity index (χ0) is 20.4. The van der Waals surface area contributed by atoms with Gasteiger partial charge in [-0.15, -0.1) is 5.10 Å². The third-order valence-corrected chi connectivity index (χ3v) is 4.97. The van der Waals surface area contributed by atoms with Crippen LogP contribution in [0.4, 0.5) is 11.6 Å². The number of H-pyrrole nitrogens is 1. The summed E-state index contributed by atoms with van der Waals surface area (Å²) in [7, 11) is 1.58. The van der Waals surface area contributed by atoms with Gasteiger partial charge in [0.15, 0.2) is 5.82 Å². The number of methoxy groups -OCH3 is 1. The molecule has 1 aliphatic rings. The van der Waals surface area contributed by atoms with Gasteiger partial charge in [-0.3, -0.25) is 20.0 Å². The quantitative estimate of drug-likeness (QED) is 0.671. The summed E-state index contributed by atoms with van der Waals surface area (Å²) in [4.78, 5) is 30.9. The largest absolute Gasteiger partial charge is 0.497 e. The number of benzene rings is 2. The van der Waals surface area contributed by atoms with Gasteiger partial charge in [0, 0.05) is 29.2 Å². The van der Waals surface area contributed by atoms with E-state index in [1.807, 2.05) is 0 Å². The molecule has 1 saturated heterocycles. The molecule has 2 N–H and O–H groups in total. The Morgan fingerprint density at radius 2 is 1.93 bits per heavy atom. The van der Waals surface area contributed by atoms with Crippen LogP contribution in [0.3, 0.4) is 0 Å². The second-order valence-electron chi connectivity index (χ2n) is 6.61. The van der Waals surface area contributed by atoms with E-state index in [2.05, 4.69) is 20.5 Å². The number of aromatic nitrogens is 3. The molecule has 1 aromatic heterocycles. The average molecular weight is 412 g/mol. The van der Waals surface area contributed by atoms with Crippen molar-refractivity contribution in [3.63, 3.8) is 0 Å². The zero-order valence-electron chi connectivity index (χ0n) is 15.6. The van der Waals surface area contributed by atoms with E-state index in [-0.39, 0.29) is 24.2 Å². The Labute approximate surface area is 171 Å². The molecular weight excluding hydrogens is 394 g/mol. The van der Waals surface area contributed by atoms with Crippen LogP contribution in [-0.4, -0.2) is 40.7 Å². The Balaban J connectivity index is 1.41. The van der Waals surface area contributed by atoms with Gasteiger partial charge < -0.3 is 9.64 Å². The van der Waals surface area contributed by atoms with Crippen molar-refractivity contribution < 1.29 is 14.3 Å². The van der Waals surface area contributed by atoms with Gasteiger partial charge in [-0.1, -0.05) is 11.6 Å². The fourth-order valence-electron chi connectivity index (χ4n) is 3.16. The lowest BCUT2D eigenvalue weighted by atomic mass is 10.1. The van der Waals surface area contributed by atoms with E-state index < -0.39 is 5.92 Å². The van der Waals surface area contributed by atoms with E-state index in [4.69, 9.17) is 16.3 Å². The molecule has 2 heterocycles. The molecule has 0 saturated carbocycles. The second-order valence-corrected chi connectivity index (χ2v) is 7.04. The van der Waals surface area contributed by atoms with Gasteiger partial charge in [-0.05, 0) is 48.5 Å². The molecule has 0 bridgehead atoms. The number of anilines is 2. The fourth-order valence-corrected chi connectivity index (χ4v) is 3.29. The lowest BCUT2D eigenvalue weighted by Gasteiger charge is -2.16. The number of hydrogen-bond acceptors (Lipinski definition) is 5. The van der Waals surface area contributed by atoms with E-state index >= 15 is 0 Å². The Morgan fingerprint density at radius 1 is 1.21 bits per heavy atom. The van der Waals surface area contributed by atoms with Crippen LogP contribution >= 0.6 is 11.6 Å². The van der Waals surface area contributed by atoms with Gasteiger partial charge in [-0.25, -0.2) is 0 Å². The minimum Gasteiger partial charge on any atom is -0.497 e. The molecular formula is C20H18ClN5O3. The number of nitrogens with zero attached hydrogens (tertiary/aromatic N) is 3. The highest BCUT2D eigenvalue weighted by molar-refractivity contribution is 6.30. The molecule has 2 aromatic carbocycles. The number of nitrogens with one attached hydrogen (secondary N) is 2. The summed E-state index contributed by atoms with van der Waals surface area (Å²) in [6.45, 7) is 0.297. The Kier molecular flexibility index (Phi) is 5.18. The highest BCUT2D eigenvalue weighted by Crippen LogP contribution is 2.27. The standard InChI is InChI=1S/C20H18ClN5O3/c1-29-16-8-6-15(7-9-16)26-11-13(10-17(26)27)19(28)23-20-22-18(24-25-20)12-2-4-14(21)5-3-12/h2-9,13H,10-11H2,1H3,(H2,22,23,24,25,28). The lowest BCUT2D eigenvalue weighted by Crippen LogP contribution is -2.28. The molecule has 0 radical (unpaired) electrons. The second kappa shape index (κ2) is 7.92. The first kappa shape index (κ1) is 18.9. The van der Waals surface area contributed by atoms with Crippen LogP contribution < -0.4 is 15.0 Å². The average Bonchev–Trinajstić information content (AvgIpc) is 3.35. The zero-order valence-corrected chi connectivity index (χ0v) is 16.3. The summed E-state index contributed by atoms with van der Waals surface area (Å²) >= 11 is 5.89. The van der Waals surface area contributed by atoms with Crippen molar-refractivity contribution in [2.75, 3.05) is 23.9 Å². The summed E-state index contributed by atoms with van der Waals surface area (Å²) in [5, 5.41) is 10.1. The monoisotopic (exact) mass is 411 g/mol. The number of carbonyl (C=O) groups excluding carboxylic acids is 2. The maximum atomic E-state index is 12.6. The van der Waals surface area contributed by atoms with Gasteiger partial charge in [-0.2, -0.15) is 4.98 Å². The number of aromatic amines is 1. The maximum absolute atomic E-state index is 12.6. The minimum absolute atomic E-state index is 0.104. The van der Waals surface area contributed by atoms with Gasteiger partial charge in [0.25, 0.3) is 0 Å². The maximum Gasteiger partial charge on any atom is 0.249 e. The summed E-state index contributed by atoms with van der Waals surface area (Å²) in [6, 6.07) is 14.2. The first-order valence-corrected chi connectivity index (χ1v) is 9.35. The number of rotatable bonds is 5. The topological polar surface area (TPSA) is 100 Å². The van der Waals surface area contributed by atoms with Crippen molar-refractivity contribution in [1.29, 1.82) is 0 Å². The van der Waals surface area contributed by atoms with Crippen molar-refractivity contribution in [2.24, 2.45) is 5.92 Å². The molecule has 8 nitrogen and oxygen atoms in total. The van der Waals surface area contributed by atoms with E-state index in [1.54, 1.807) is 60.5 Å². The highest BCUT2D eigenvalue weighted by Gasteiger charge is 2.35. The van der Waals surface area contributed by atoms with Crippen LogP contribution in [0, 0.1) is 5.92 Å². The first-order chi connectivity index (χ1) is 14.0. The number of hydrogen-bond donors (Lipinski definition) is 2. The Hall–Kier alpha value is -3.39. The van der Waals surface area contributed by atoms with Gasteiger partial charge in [0.2, 0.25) is 17.8 Å². The van der Waals surface area contributed by atoms with Crippen molar-refractivity contribution in [1.82, 2.24) is 15.2 Å². The molecule has 0 aliphatic carbocycles. The van der Waals surface area contributed by atoms with Gasteiger partial charge in [0.1, 0.15) is 5.75 Å². The van der Waals surface area contributed by atoms with Crippen molar-refractivity contribution in [2.45, 2.75) is 6.42 Å². The predicted octanol–water partition coefficient (Wildman–Crippen LogP) is 3.13. The molecule has 1 aliphatic heterocycles. The number of ether oxygens (including phenoxy) is 1. The van der Waals surface area contributed by atoms with E-state index in [9.17, 15) is 9.59 Å². The third kappa shape index (κ3) is 4.07. The fraction of sp³-hybridized carbons (Fsp3) is 0.200. The summed E-state index contributed by atoms with van der Waals surface area (Å²) in [5.74, 6) is 0.496. The molecule has 1 atom stereocenters. The summed E-state index contributed by atoms with van der Waals surface area (Å²) in [6.07, 6.45) is 0.131. The van der Waals surface area contributed by atoms with Crippen molar-refractivity contribution in [3.8, 4) is 17.1 Å². The van der Waals surface area contributed by atoms with Crippen LogP contribution in [0.2, 0.25) is 5.02 Å². The predicted molar refractivity (Wildman–Crippen MR) is 109 cm³/mol. The summed E-state index contributed by atoms with van der Waals surface area (Å²) in [5.41, 5.74) is 1.53. The van der Waals surface area contributed by atoms with E-state index in [0.29, 0.717) is 23.1 Å². The SMILES string of the molecule is COc1ccc(N2CC(C(=O)Nc3n[nH]c(-c4ccc(Cl)cc4)n3)CC2=O)cc1. The lowest BCUT2D eigenvalue weighted by molar-refractivity contribution is -0.122. The van der Waals surface area contributed by atoms with Crippen molar-refractivity contribution >= 4 is 35.1 Å². The number of carbonyl (C=O) groups is 2. The molecule has 1 fully saturated rings. The molecule has 0 spiro atoms. The van der Waals surface area contributed by atoms with Gasteiger partial charge in [0.05, 0.1) is 13.0 Å². The third-order valence-electron chi connectivity index (χ3n) is 4.72. The smallest absolute Gasteiger partial charge is 0.249 e. The van der Waals surface area contributed by atoms with E-state index in [1.165, 1.54) is 0 Å². The van der Waals surface area contributed by atoms with Crippen molar-refractivity contribution in [3.05, 3.63) is 53.6 Å². The molecule has 4 rings (SSSR count). The first-order valence-electron chi connectivity index (χ1n) is 8.97. The Bertz CT molecular complexity index is 1030. The number of halogens is 1. The summed E-state index contributed by atoms with van der Waals surface area (Å²) < 4.78 is 5.13.